The maximum absolute atomic E-state index is 11.7. The molecule has 0 aliphatic carbocycles. The van der Waals surface area contributed by atoms with E-state index in [1.165, 1.54) is 12.2 Å². The highest BCUT2D eigenvalue weighted by Crippen LogP contribution is 2.03. The first-order chi connectivity index (χ1) is 9.75. The predicted octanol–water partition coefficient (Wildman–Crippen LogP) is 3.55. The Morgan fingerprint density at radius 1 is 0.600 bits per heavy atom. The maximum atomic E-state index is 11.7. The van der Waals surface area contributed by atoms with E-state index in [1.54, 1.807) is 12.2 Å². The molecule has 0 spiro atoms. The zero-order valence-electron chi connectivity index (χ0n) is 10.9. The third kappa shape index (κ3) is 4.18. The summed E-state index contributed by atoms with van der Waals surface area (Å²) >= 11 is 0. The van der Waals surface area contributed by atoms with Crippen LogP contribution in [0.4, 0.5) is 0 Å². The van der Waals surface area contributed by atoms with Crippen LogP contribution in [0.1, 0.15) is 11.1 Å². The molecule has 0 aliphatic heterocycles. The lowest BCUT2D eigenvalue weighted by Gasteiger charge is -1.92. The monoisotopic (exact) mass is 262 g/mol. The van der Waals surface area contributed by atoms with Gasteiger partial charge in [-0.3, -0.25) is 9.59 Å². The van der Waals surface area contributed by atoms with Gasteiger partial charge in [0.25, 0.3) is 0 Å². The van der Waals surface area contributed by atoms with E-state index < -0.39 is 11.6 Å². The summed E-state index contributed by atoms with van der Waals surface area (Å²) < 4.78 is 0. The van der Waals surface area contributed by atoms with Crippen LogP contribution in [0.15, 0.2) is 72.8 Å². The molecule has 2 aromatic rings. The Bertz CT molecular complexity index is 578. The molecule has 2 rings (SSSR count). The van der Waals surface area contributed by atoms with Gasteiger partial charge in [-0.1, -0.05) is 72.8 Å². The number of hydrogen-bond donors (Lipinski definition) is 0. The van der Waals surface area contributed by atoms with E-state index in [4.69, 9.17) is 0 Å². The van der Waals surface area contributed by atoms with Crippen LogP contribution in [0.3, 0.4) is 0 Å². The van der Waals surface area contributed by atoms with Gasteiger partial charge in [0.2, 0.25) is 11.6 Å². The van der Waals surface area contributed by atoms with E-state index >= 15 is 0 Å². The number of benzene rings is 2. The molecule has 0 N–H and O–H groups in total. The molecule has 0 atom stereocenters. The Kier molecular flexibility index (Phi) is 4.79. The van der Waals surface area contributed by atoms with Gasteiger partial charge < -0.3 is 0 Å². The fraction of sp³-hybridized carbons (Fsp3) is 0. The van der Waals surface area contributed by atoms with Gasteiger partial charge in [-0.2, -0.15) is 0 Å². The normalized spacial score (nSPS) is 11.0. The van der Waals surface area contributed by atoms with Gasteiger partial charge in [-0.25, -0.2) is 0 Å². The van der Waals surface area contributed by atoms with Crippen molar-refractivity contribution in [2.75, 3.05) is 0 Å². The van der Waals surface area contributed by atoms with Crippen LogP contribution in [0.25, 0.3) is 12.2 Å². The molecule has 0 aromatic heterocycles. The smallest absolute Gasteiger partial charge is 0.225 e. The number of rotatable bonds is 5. The van der Waals surface area contributed by atoms with E-state index in [0.29, 0.717) is 0 Å². The van der Waals surface area contributed by atoms with Gasteiger partial charge in [-0.05, 0) is 23.3 Å². The summed E-state index contributed by atoms with van der Waals surface area (Å²) in [5.74, 6) is -1.05. The number of carbonyl (C=O) groups excluding carboxylic acids is 2. The molecule has 0 saturated carbocycles. The molecular weight excluding hydrogens is 248 g/mol. The largest absolute Gasteiger partial charge is 0.286 e. The van der Waals surface area contributed by atoms with Crippen LogP contribution in [-0.2, 0) is 9.59 Å². The third-order valence-electron chi connectivity index (χ3n) is 2.70. The summed E-state index contributed by atoms with van der Waals surface area (Å²) in [6.45, 7) is 0. The molecule has 0 fully saturated rings. The first-order valence-electron chi connectivity index (χ1n) is 6.30. The SMILES string of the molecule is O=C(/C=C\c1ccccc1)C(=O)/C=C/c1ccccc1. The van der Waals surface area contributed by atoms with Gasteiger partial charge in [0.15, 0.2) is 0 Å². The second-order valence-corrected chi connectivity index (χ2v) is 4.22. The molecule has 2 aromatic carbocycles. The van der Waals surface area contributed by atoms with E-state index in [-0.39, 0.29) is 0 Å². The molecular formula is C18H14O2. The standard InChI is InChI=1S/C18H14O2/c19-17(13-11-15-7-3-1-4-8-15)18(20)14-12-16-9-5-2-6-10-16/h1-14H/b13-11-,14-12+. The van der Waals surface area contributed by atoms with Crippen molar-refractivity contribution < 1.29 is 9.59 Å². The molecule has 0 saturated heterocycles. The minimum absolute atomic E-state index is 0.527. The average molecular weight is 262 g/mol. The van der Waals surface area contributed by atoms with Crippen LogP contribution >= 0.6 is 0 Å². The summed E-state index contributed by atoms with van der Waals surface area (Å²) in [4.78, 5) is 23.3. The number of allylic oxidation sites excluding steroid dienone is 2. The summed E-state index contributed by atoms with van der Waals surface area (Å²) in [7, 11) is 0. The number of ketones is 2. The minimum Gasteiger partial charge on any atom is -0.286 e. The van der Waals surface area contributed by atoms with Crippen molar-refractivity contribution in [3.63, 3.8) is 0 Å². The highest BCUT2D eigenvalue weighted by molar-refractivity contribution is 6.46. The fourth-order valence-electron chi connectivity index (χ4n) is 1.64. The van der Waals surface area contributed by atoms with Crippen LogP contribution in [0.2, 0.25) is 0 Å². The van der Waals surface area contributed by atoms with Crippen LogP contribution < -0.4 is 0 Å². The lowest BCUT2D eigenvalue weighted by molar-refractivity contribution is -0.130. The Morgan fingerprint density at radius 3 is 1.30 bits per heavy atom. The van der Waals surface area contributed by atoms with Gasteiger partial charge in [0.05, 0.1) is 0 Å². The second-order valence-electron chi connectivity index (χ2n) is 4.22. The third-order valence-corrected chi connectivity index (χ3v) is 2.70. The van der Waals surface area contributed by atoms with Crippen molar-refractivity contribution in [3.8, 4) is 0 Å². The molecule has 0 bridgehead atoms. The van der Waals surface area contributed by atoms with Crippen molar-refractivity contribution in [1.29, 1.82) is 0 Å². The summed E-state index contributed by atoms with van der Waals surface area (Å²) in [6, 6.07) is 18.8. The minimum atomic E-state index is -0.527. The quantitative estimate of drug-likeness (QED) is 0.610. The van der Waals surface area contributed by atoms with Gasteiger partial charge in [-0.15, -0.1) is 0 Å². The Balaban J connectivity index is 1.98. The first kappa shape index (κ1) is 13.7. The molecule has 0 aliphatic rings. The van der Waals surface area contributed by atoms with Gasteiger partial charge in [0, 0.05) is 0 Å². The Labute approximate surface area is 118 Å². The summed E-state index contributed by atoms with van der Waals surface area (Å²) in [5, 5.41) is 0. The first-order valence-corrected chi connectivity index (χ1v) is 6.30. The van der Waals surface area contributed by atoms with E-state index in [9.17, 15) is 9.59 Å². The lowest BCUT2D eigenvalue weighted by atomic mass is 10.1. The highest BCUT2D eigenvalue weighted by atomic mass is 16.2. The molecule has 20 heavy (non-hydrogen) atoms. The molecule has 0 heterocycles. The fourth-order valence-corrected chi connectivity index (χ4v) is 1.64. The molecule has 2 heteroatoms. The van der Waals surface area contributed by atoms with E-state index in [2.05, 4.69) is 0 Å². The zero-order valence-corrected chi connectivity index (χ0v) is 10.9. The number of carbonyl (C=O) groups is 2. The van der Waals surface area contributed by atoms with E-state index in [0.717, 1.165) is 11.1 Å². The van der Waals surface area contributed by atoms with Crippen molar-refractivity contribution in [2.45, 2.75) is 0 Å². The molecule has 0 unspecified atom stereocenters. The van der Waals surface area contributed by atoms with Crippen molar-refractivity contribution in [1.82, 2.24) is 0 Å². The topological polar surface area (TPSA) is 34.1 Å². The van der Waals surface area contributed by atoms with Crippen molar-refractivity contribution in [2.24, 2.45) is 0 Å². The van der Waals surface area contributed by atoms with Gasteiger partial charge in [0.1, 0.15) is 0 Å². The summed E-state index contributed by atoms with van der Waals surface area (Å²) in [6.07, 6.45) is 5.87. The highest BCUT2D eigenvalue weighted by Gasteiger charge is 2.05. The zero-order chi connectivity index (χ0) is 14.2. The molecule has 98 valence electrons. The van der Waals surface area contributed by atoms with Gasteiger partial charge >= 0.3 is 0 Å². The average Bonchev–Trinajstić information content (AvgIpc) is 2.52. The lowest BCUT2D eigenvalue weighted by Crippen LogP contribution is -2.06. The second kappa shape index (κ2) is 7.00. The van der Waals surface area contributed by atoms with Crippen LogP contribution in [0, 0.1) is 0 Å². The predicted molar refractivity (Wildman–Crippen MR) is 81.0 cm³/mol. The van der Waals surface area contributed by atoms with E-state index in [1.807, 2.05) is 60.7 Å². The summed E-state index contributed by atoms with van der Waals surface area (Å²) in [5.41, 5.74) is 1.78. The molecule has 2 nitrogen and oxygen atoms in total. The van der Waals surface area contributed by atoms with Crippen molar-refractivity contribution in [3.05, 3.63) is 83.9 Å². The van der Waals surface area contributed by atoms with Crippen LogP contribution in [-0.4, -0.2) is 11.6 Å². The van der Waals surface area contributed by atoms with Crippen molar-refractivity contribution >= 4 is 23.7 Å². The Hall–Kier alpha value is -2.74. The Morgan fingerprint density at radius 2 is 0.950 bits per heavy atom. The molecule has 0 radical (unpaired) electrons. The maximum Gasteiger partial charge on any atom is 0.225 e. The number of hydrogen-bond acceptors (Lipinski definition) is 2. The van der Waals surface area contributed by atoms with Crippen LogP contribution in [0.5, 0.6) is 0 Å². The molecule has 0 amide bonds.